The van der Waals surface area contributed by atoms with Gasteiger partial charge >= 0.3 is 0 Å². The van der Waals surface area contributed by atoms with Gasteiger partial charge < -0.3 is 29.5 Å². The standard InChI is InChI=1S/C26H30O6/c1-7-25(2,3)18-12-17(19(27)20(28)24(18)30-6)16-11-15-10-14-8-9-26(4,5)32-23(14)21(29)22(15)31-13-16/h7-10,12,16,27-29H,1,11,13H2,2-6H3/t16-/m1/s1. The molecule has 1 atom stereocenters. The van der Waals surface area contributed by atoms with Crippen molar-refractivity contribution in [3.8, 4) is 34.5 Å². The number of benzene rings is 2. The molecule has 2 heterocycles. The Morgan fingerprint density at radius 1 is 1.12 bits per heavy atom. The summed E-state index contributed by atoms with van der Waals surface area (Å²) in [5.74, 6) is 0.265. The Labute approximate surface area is 188 Å². The van der Waals surface area contributed by atoms with Gasteiger partial charge in [0.2, 0.25) is 11.5 Å². The zero-order valence-electron chi connectivity index (χ0n) is 19.2. The van der Waals surface area contributed by atoms with E-state index in [0.717, 1.165) is 16.7 Å². The van der Waals surface area contributed by atoms with Gasteiger partial charge in [-0.2, -0.15) is 0 Å². The minimum absolute atomic E-state index is 0.0105. The molecule has 4 rings (SSSR count). The Balaban J connectivity index is 1.78. The largest absolute Gasteiger partial charge is 0.504 e. The van der Waals surface area contributed by atoms with Crippen molar-refractivity contribution in [2.75, 3.05) is 13.7 Å². The Hall–Kier alpha value is -3.28. The van der Waals surface area contributed by atoms with Crippen LogP contribution in [0.3, 0.4) is 0 Å². The summed E-state index contributed by atoms with van der Waals surface area (Å²) >= 11 is 0. The van der Waals surface area contributed by atoms with E-state index in [0.29, 0.717) is 23.5 Å². The summed E-state index contributed by atoms with van der Waals surface area (Å²) in [6.45, 7) is 11.9. The van der Waals surface area contributed by atoms with Crippen LogP contribution in [0.25, 0.3) is 6.08 Å². The zero-order chi connectivity index (χ0) is 23.4. The van der Waals surface area contributed by atoms with E-state index in [4.69, 9.17) is 14.2 Å². The number of hydrogen-bond donors (Lipinski definition) is 3. The van der Waals surface area contributed by atoms with Crippen LogP contribution >= 0.6 is 0 Å². The molecule has 0 aromatic heterocycles. The number of ether oxygens (including phenoxy) is 3. The molecule has 0 unspecified atom stereocenters. The van der Waals surface area contributed by atoms with Gasteiger partial charge in [0, 0.05) is 28.0 Å². The number of aromatic hydroxyl groups is 3. The van der Waals surface area contributed by atoms with E-state index in [-0.39, 0.29) is 35.5 Å². The second-order valence-electron chi connectivity index (χ2n) is 9.55. The third-order valence-corrected chi connectivity index (χ3v) is 6.34. The molecule has 0 saturated carbocycles. The SMILES string of the molecule is C=CC(C)(C)c1cc([C@H]2COc3c(cc4c(c3O)OC(C)(C)C=C4)C2)c(O)c(O)c1OC. The second-order valence-corrected chi connectivity index (χ2v) is 9.55. The van der Waals surface area contributed by atoms with E-state index in [1.54, 1.807) is 6.08 Å². The summed E-state index contributed by atoms with van der Waals surface area (Å²) in [4.78, 5) is 0. The Bertz CT molecular complexity index is 1130. The number of phenolic OH excluding ortho intramolecular Hbond substituents is 3. The van der Waals surface area contributed by atoms with Crippen molar-refractivity contribution in [2.24, 2.45) is 0 Å². The van der Waals surface area contributed by atoms with Gasteiger partial charge in [0.15, 0.2) is 23.0 Å². The molecule has 2 aliphatic rings. The van der Waals surface area contributed by atoms with Crippen molar-refractivity contribution in [1.29, 1.82) is 0 Å². The molecule has 0 aliphatic carbocycles. The maximum atomic E-state index is 10.8. The van der Waals surface area contributed by atoms with Gasteiger partial charge in [-0.15, -0.1) is 6.58 Å². The van der Waals surface area contributed by atoms with Crippen LogP contribution in [0.15, 0.2) is 30.9 Å². The number of rotatable bonds is 4. The number of phenols is 3. The third kappa shape index (κ3) is 3.44. The van der Waals surface area contributed by atoms with Crippen LogP contribution in [0.4, 0.5) is 0 Å². The normalized spacial score (nSPS) is 18.7. The highest BCUT2D eigenvalue weighted by atomic mass is 16.5. The van der Waals surface area contributed by atoms with Crippen LogP contribution in [0.2, 0.25) is 0 Å². The second kappa shape index (κ2) is 7.40. The van der Waals surface area contributed by atoms with E-state index in [2.05, 4.69) is 6.58 Å². The molecule has 0 radical (unpaired) electrons. The van der Waals surface area contributed by atoms with E-state index in [1.165, 1.54) is 7.11 Å². The average molecular weight is 439 g/mol. The first-order valence-corrected chi connectivity index (χ1v) is 10.7. The van der Waals surface area contributed by atoms with Crippen LogP contribution in [0.1, 0.15) is 55.9 Å². The average Bonchev–Trinajstić information content (AvgIpc) is 2.75. The number of fused-ring (bicyclic) bond motifs is 2. The fourth-order valence-corrected chi connectivity index (χ4v) is 4.32. The predicted octanol–water partition coefficient (Wildman–Crippen LogP) is 5.18. The Kier molecular flexibility index (Phi) is 5.07. The van der Waals surface area contributed by atoms with Crippen LogP contribution < -0.4 is 14.2 Å². The molecule has 2 aromatic carbocycles. The lowest BCUT2D eigenvalue weighted by molar-refractivity contribution is 0.149. The van der Waals surface area contributed by atoms with Gasteiger partial charge in [0.1, 0.15) is 5.60 Å². The fourth-order valence-electron chi connectivity index (χ4n) is 4.32. The van der Waals surface area contributed by atoms with Crippen LogP contribution in [-0.2, 0) is 11.8 Å². The monoisotopic (exact) mass is 438 g/mol. The maximum Gasteiger partial charge on any atom is 0.201 e. The summed E-state index contributed by atoms with van der Waals surface area (Å²) in [5, 5.41) is 32.3. The first-order chi connectivity index (χ1) is 15.0. The summed E-state index contributed by atoms with van der Waals surface area (Å²) in [7, 11) is 1.46. The predicted molar refractivity (Wildman–Crippen MR) is 123 cm³/mol. The highest BCUT2D eigenvalue weighted by Gasteiger charge is 2.34. The van der Waals surface area contributed by atoms with Crippen molar-refractivity contribution in [3.63, 3.8) is 0 Å². The van der Waals surface area contributed by atoms with Crippen molar-refractivity contribution in [1.82, 2.24) is 0 Å². The topological polar surface area (TPSA) is 88.4 Å². The quantitative estimate of drug-likeness (QED) is 0.450. The summed E-state index contributed by atoms with van der Waals surface area (Å²) < 4.78 is 17.3. The molecule has 0 spiro atoms. The molecule has 0 fully saturated rings. The van der Waals surface area contributed by atoms with Gasteiger partial charge in [-0.25, -0.2) is 0 Å². The zero-order valence-corrected chi connectivity index (χ0v) is 19.2. The van der Waals surface area contributed by atoms with Crippen LogP contribution in [-0.4, -0.2) is 34.6 Å². The highest BCUT2D eigenvalue weighted by molar-refractivity contribution is 5.71. The fraction of sp³-hybridized carbons (Fsp3) is 0.385. The molecule has 32 heavy (non-hydrogen) atoms. The molecular weight excluding hydrogens is 408 g/mol. The van der Waals surface area contributed by atoms with Crippen molar-refractivity contribution in [2.45, 2.75) is 51.0 Å². The molecule has 2 aliphatic heterocycles. The van der Waals surface area contributed by atoms with Crippen molar-refractivity contribution in [3.05, 3.63) is 53.1 Å². The van der Waals surface area contributed by atoms with Crippen molar-refractivity contribution < 1.29 is 29.5 Å². The number of methoxy groups -OCH3 is 1. The van der Waals surface area contributed by atoms with E-state index < -0.39 is 11.0 Å². The Morgan fingerprint density at radius 2 is 1.84 bits per heavy atom. The maximum absolute atomic E-state index is 10.8. The highest BCUT2D eigenvalue weighted by Crippen LogP contribution is 2.52. The van der Waals surface area contributed by atoms with E-state index in [1.807, 2.05) is 52.0 Å². The molecule has 0 saturated heterocycles. The lowest BCUT2D eigenvalue weighted by Gasteiger charge is -2.33. The molecule has 0 amide bonds. The Morgan fingerprint density at radius 3 is 2.50 bits per heavy atom. The van der Waals surface area contributed by atoms with E-state index >= 15 is 0 Å². The number of hydrogen-bond acceptors (Lipinski definition) is 6. The van der Waals surface area contributed by atoms with Gasteiger partial charge in [-0.3, -0.25) is 0 Å². The first kappa shape index (κ1) is 21.9. The minimum Gasteiger partial charge on any atom is -0.504 e. The van der Waals surface area contributed by atoms with Crippen LogP contribution in [0.5, 0.6) is 34.5 Å². The lowest BCUT2D eigenvalue weighted by atomic mass is 9.80. The molecular formula is C26H30O6. The minimum atomic E-state index is -0.517. The van der Waals surface area contributed by atoms with Gasteiger partial charge in [-0.05, 0) is 44.0 Å². The molecule has 6 nitrogen and oxygen atoms in total. The van der Waals surface area contributed by atoms with E-state index in [9.17, 15) is 15.3 Å². The molecule has 0 bridgehead atoms. The molecule has 6 heteroatoms. The summed E-state index contributed by atoms with van der Waals surface area (Å²) in [6.07, 6.45) is 6.17. The van der Waals surface area contributed by atoms with Crippen LogP contribution in [0, 0.1) is 0 Å². The molecule has 170 valence electrons. The van der Waals surface area contributed by atoms with Crippen molar-refractivity contribution >= 4 is 6.08 Å². The van der Waals surface area contributed by atoms with Gasteiger partial charge in [0.25, 0.3) is 0 Å². The molecule has 3 N–H and O–H groups in total. The summed E-state index contributed by atoms with van der Waals surface area (Å²) in [5.41, 5.74) is 1.86. The summed E-state index contributed by atoms with van der Waals surface area (Å²) in [6, 6.07) is 3.79. The lowest BCUT2D eigenvalue weighted by Crippen LogP contribution is -2.28. The third-order valence-electron chi connectivity index (χ3n) is 6.34. The first-order valence-electron chi connectivity index (χ1n) is 10.7. The smallest absolute Gasteiger partial charge is 0.201 e. The van der Waals surface area contributed by atoms with Gasteiger partial charge in [0.05, 0.1) is 13.7 Å². The van der Waals surface area contributed by atoms with Gasteiger partial charge in [-0.1, -0.05) is 26.0 Å². The molecule has 2 aromatic rings. The number of allylic oxidation sites excluding steroid dienone is 1.